The van der Waals surface area contributed by atoms with Gasteiger partial charge in [-0.2, -0.15) is 5.26 Å². The maximum absolute atomic E-state index is 9.35. The zero-order valence-corrected chi connectivity index (χ0v) is 9.78. The van der Waals surface area contributed by atoms with Crippen LogP contribution in [0.15, 0.2) is 24.3 Å². The van der Waals surface area contributed by atoms with Crippen LogP contribution in [-0.4, -0.2) is 0 Å². The highest BCUT2D eigenvalue weighted by molar-refractivity contribution is 5.34. The number of nitrogens with zero attached hydrogens (tertiary/aromatic N) is 1. The van der Waals surface area contributed by atoms with Crippen LogP contribution in [0.1, 0.15) is 38.5 Å². The van der Waals surface area contributed by atoms with E-state index >= 15 is 0 Å². The average molecular weight is 213 g/mol. The third-order valence-corrected chi connectivity index (χ3v) is 5.01. The first kappa shape index (κ1) is 10.1. The van der Waals surface area contributed by atoms with Gasteiger partial charge in [0.25, 0.3) is 0 Å². The molecule has 0 aromatic heterocycles. The van der Waals surface area contributed by atoms with Crippen LogP contribution in [0.2, 0.25) is 0 Å². The largest absolute Gasteiger partial charge is 0.193 e. The summed E-state index contributed by atoms with van der Waals surface area (Å²) in [6.45, 7) is 3.75. The van der Waals surface area contributed by atoms with Crippen molar-refractivity contribution in [1.82, 2.24) is 0 Å². The lowest BCUT2D eigenvalue weighted by Gasteiger charge is -2.56. The Kier molecular flexibility index (Phi) is 2.21. The summed E-state index contributed by atoms with van der Waals surface area (Å²) in [5, 5.41) is 9.35. The van der Waals surface area contributed by atoms with Gasteiger partial charge in [0, 0.05) is 11.0 Å². The molecule has 0 aromatic rings. The van der Waals surface area contributed by atoms with Crippen LogP contribution in [0.25, 0.3) is 0 Å². The van der Waals surface area contributed by atoms with Crippen molar-refractivity contribution < 1.29 is 0 Å². The van der Waals surface area contributed by atoms with E-state index in [1.807, 2.05) is 6.08 Å². The van der Waals surface area contributed by atoms with Crippen LogP contribution in [0.3, 0.4) is 0 Å². The van der Waals surface area contributed by atoms with E-state index in [0.29, 0.717) is 0 Å². The molecule has 4 aliphatic rings. The number of hydrogen-bond acceptors (Lipinski definition) is 1. The predicted octanol–water partition coefficient (Wildman–Crippen LogP) is 3.84. The van der Waals surface area contributed by atoms with Crippen molar-refractivity contribution in [1.29, 1.82) is 5.26 Å². The van der Waals surface area contributed by atoms with Gasteiger partial charge in [0.05, 0.1) is 6.07 Å². The van der Waals surface area contributed by atoms with Crippen molar-refractivity contribution in [2.24, 2.45) is 23.2 Å². The Labute approximate surface area is 97.8 Å². The minimum Gasteiger partial charge on any atom is -0.193 e. The van der Waals surface area contributed by atoms with Gasteiger partial charge in [0.1, 0.15) is 0 Å². The Morgan fingerprint density at radius 2 is 1.62 bits per heavy atom. The average Bonchev–Trinajstić information content (AvgIpc) is 2.23. The van der Waals surface area contributed by atoms with Gasteiger partial charge in [-0.05, 0) is 62.4 Å². The molecule has 84 valence electrons. The fourth-order valence-corrected chi connectivity index (χ4v) is 4.89. The Morgan fingerprint density at radius 1 is 1.12 bits per heavy atom. The highest BCUT2D eigenvalue weighted by atomic mass is 14.6. The zero-order valence-electron chi connectivity index (χ0n) is 9.78. The number of hydrogen-bond donors (Lipinski definition) is 0. The molecule has 4 aliphatic carbocycles. The van der Waals surface area contributed by atoms with Crippen molar-refractivity contribution in [3.05, 3.63) is 24.3 Å². The maximum Gasteiger partial charge on any atom is 0.0953 e. The number of allylic oxidation sites excluding steroid dienone is 3. The molecule has 0 spiro atoms. The molecule has 16 heavy (non-hydrogen) atoms. The lowest BCUT2D eigenvalue weighted by Crippen LogP contribution is -2.46. The second-order valence-electron chi connectivity index (χ2n) is 6.13. The van der Waals surface area contributed by atoms with E-state index in [-0.39, 0.29) is 5.41 Å². The first-order valence-electron chi connectivity index (χ1n) is 6.49. The molecule has 0 aliphatic heterocycles. The summed E-state index contributed by atoms with van der Waals surface area (Å²) in [4.78, 5) is 0. The van der Waals surface area contributed by atoms with E-state index < -0.39 is 0 Å². The van der Waals surface area contributed by atoms with Crippen molar-refractivity contribution in [2.45, 2.75) is 38.5 Å². The SMILES string of the molecule is C=C/C=C(\C#N)C12CC3CC(CC(C3)C1)C2. The molecule has 0 N–H and O–H groups in total. The van der Waals surface area contributed by atoms with Crippen LogP contribution in [-0.2, 0) is 0 Å². The van der Waals surface area contributed by atoms with E-state index in [9.17, 15) is 5.26 Å². The van der Waals surface area contributed by atoms with Gasteiger partial charge in [-0.25, -0.2) is 0 Å². The molecule has 1 heteroatoms. The van der Waals surface area contributed by atoms with Gasteiger partial charge in [-0.15, -0.1) is 0 Å². The summed E-state index contributed by atoms with van der Waals surface area (Å²) < 4.78 is 0. The lowest BCUT2D eigenvalue weighted by atomic mass is 9.48. The quantitative estimate of drug-likeness (QED) is 0.505. The molecule has 0 radical (unpaired) electrons. The van der Waals surface area contributed by atoms with Gasteiger partial charge in [0.15, 0.2) is 0 Å². The van der Waals surface area contributed by atoms with E-state index in [4.69, 9.17) is 0 Å². The van der Waals surface area contributed by atoms with Crippen LogP contribution in [0.4, 0.5) is 0 Å². The first-order valence-corrected chi connectivity index (χ1v) is 6.49. The number of rotatable bonds is 2. The molecular formula is C15H19N. The minimum atomic E-state index is 0.248. The molecule has 4 rings (SSSR count). The summed E-state index contributed by atoms with van der Waals surface area (Å²) in [6, 6.07) is 2.45. The summed E-state index contributed by atoms with van der Waals surface area (Å²) >= 11 is 0. The van der Waals surface area contributed by atoms with E-state index in [1.54, 1.807) is 6.08 Å². The normalized spacial score (nSPS) is 45.4. The lowest BCUT2D eigenvalue weighted by molar-refractivity contribution is -0.0280. The summed E-state index contributed by atoms with van der Waals surface area (Å²) in [5.74, 6) is 2.73. The monoisotopic (exact) mass is 213 g/mol. The molecule has 4 bridgehead atoms. The molecule has 4 saturated carbocycles. The van der Waals surface area contributed by atoms with E-state index in [0.717, 1.165) is 23.3 Å². The Balaban J connectivity index is 1.97. The third kappa shape index (κ3) is 1.36. The van der Waals surface area contributed by atoms with Crippen LogP contribution < -0.4 is 0 Å². The third-order valence-electron chi connectivity index (χ3n) is 5.01. The van der Waals surface area contributed by atoms with Gasteiger partial charge >= 0.3 is 0 Å². The number of nitriles is 1. The molecule has 0 aromatic carbocycles. The van der Waals surface area contributed by atoms with E-state index in [1.165, 1.54) is 38.5 Å². The summed E-state index contributed by atoms with van der Waals surface area (Å²) in [7, 11) is 0. The van der Waals surface area contributed by atoms with Crippen LogP contribution >= 0.6 is 0 Å². The molecule has 1 nitrogen and oxygen atoms in total. The van der Waals surface area contributed by atoms with Crippen molar-refractivity contribution in [3.63, 3.8) is 0 Å². The molecule has 0 atom stereocenters. The molecule has 0 heterocycles. The molecule has 0 amide bonds. The van der Waals surface area contributed by atoms with Gasteiger partial charge in [-0.3, -0.25) is 0 Å². The molecule has 0 saturated heterocycles. The van der Waals surface area contributed by atoms with E-state index in [2.05, 4.69) is 12.6 Å². The van der Waals surface area contributed by atoms with Crippen LogP contribution in [0.5, 0.6) is 0 Å². The van der Waals surface area contributed by atoms with Crippen molar-refractivity contribution >= 4 is 0 Å². The summed E-state index contributed by atoms with van der Waals surface area (Å²) in [5.41, 5.74) is 1.26. The fourth-order valence-electron chi connectivity index (χ4n) is 4.89. The van der Waals surface area contributed by atoms with Gasteiger partial charge in [0.2, 0.25) is 0 Å². The molecule has 4 fully saturated rings. The molecular weight excluding hydrogens is 194 g/mol. The topological polar surface area (TPSA) is 23.8 Å². The minimum absolute atomic E-state index is 0.248. The molecule has 0 unspecified atom stereocenters. The standard InChI is InChI=1S/C15H19N/c1-2-3-14(10-16)15-7-11-4-12(8-15)6-13(5-11)9-15/h2-3,11-13H,1,4-9H2/b14-3+. The first-order chi connectivity index (χ1) is 7.75. The smallest absolute Gasteiger partial charge is 0.0953 e. The highest BCUT2D eigenvalue weighted by Gasteiger charge is 2.52. The predicted molar refractivity (Wildman–Crippen MR) is 64.5 cm³/mol. The Bertz CT molecular complexity index is 347. The van der Waals surface area contributed by atoms with Crippen molar-refractivity contribution in [2.75, 3.05) is 0 Å². The van der Waals surface area contributed by atoms with Crippen LogP contribution in [0, 0.1) is 34.5 Å². The Morgan fingerprint density at radius 3 is 2.00 bits per heavy atom. The maximum atomic E-state index is 9.35. The highest BCUT2D eigenvalue weighted by Crippen LogP contribution is 2.62. The van der Waals surface area contributed by atoms with Gasteiger partial charge in [-0.1, -0.05) is 12.7 Å². The summed E-state index contributed by atoms with van der Waals surface area (Å²) in [6.07, 6.45) is 11.9. The zero-order chi connectivity index (χ0) is 11.2. The Hall–Kier alpha value is -1.03. The second kappa shape index (κ2) is 3.48. The fraction of sp³-hybridized carbons (Fsp3) is 0.667. The second-order valence-corrected chi connectivity index (χ2v) is 6.13. The van der Waals surface area contributed by atoms with Crippen molar-refractivity contribution in [3.8, 4) is 6.07 Å². The van der Waals surface area contributed by atoms with Gasteiger partial charge < -0.3 is 0 Å².